The lowest BCUT2D eigenvalue weighted by Gasteiger charge is -2.33. The monoisotopic (exact) mass is 338 g/mol. The molecule has 0 bridgehead atoms. The van der Waals surface area contributed by atoms with E-state index in [0.717, 1.165) is 43.2 Å². The number of hydrogen-bond acceptors (Lipinski definition) is 5. The van der Waals surface area contributed by atoms with E-state index in [1.807, 2.05) is 32.6 Å². The van der Waals surface area contributed by atoms with Crippen molar-refractivity contribution in [1.82, 2.24) is 19.8 Å². The van der Waals surface area contributed by atoms with E-state index >= 15 is 0 Å². The lowest BCUT2D eigenvalue weighted by atomic mass is 9.96. The molecule has 0 aromatic carbocycles. The molecule has 2 heterocycles. The zero-order chi connectivity index (χ0) is 17.0. The summed E-state index contributed by atoms with van der Waals surface area (Å²) in [6.45, 7) is 10.1. The fraction of sp³-hybridized carbons (Fsp3) is 0.750. The molecule has 6 nitrogen and oxygen atoms in total. The Morgan fingerprint density at radius 3 is 2.48 bits per heavy atom. The van der Waals surface area contributed by atoms with E-state index in [1.165, 1.54) is 0 Å². The highest BCUT2D eigenvalue weighted by molar-refractivity contribution is 7.08. The molecule has 0 unspecified atom stereocenters. The minimum Gasteiger partial charge on any atom is -0.351 e. The van der Waals surface area contributed by atoms with Crippen molar-refractivity contribution in [2.75, 3.05) is 19.6 Å². The highest BCUT2D eigenvalue weighted by Gasteiger charge is 2.25. The Hall–Kier alpha value is -1.50. The maximum Gasteiger partial charge on any atom is 0.264 e. The van der Waals surface area contributed by atoms with E-state index in [4.69, 9.17) is 0 Å². The van der Waals surface area contributed by atoms with Crippen molar-refractivity contribution >= 4 is 23.3 Å². The van der Waals surface area contributed by atoms with E-state index in [-0.39, 0.29) is 23.7 Å². The van der Waals surface area contributed by atoms with Crippen LogP contribution in [0.25, 0.3) is 0 Å². The zero-order valence-electron chi connectivity index (χ0n) is 14.3. The van der Waals surface area contributed by atoms with Crippen molar-refractivity contribution in [3.63, 3.8) is 0 Å². The molecule has 0 radical (unpaired) electrons. The predicted molar refractivity (Wildman–Crippen MR) is 90.5 cm³/mol. The van der Waals surface area contributed by atoms with Crippen molar-refractivity contribution in [3.8, 4) is 0 Å². The summed E-state index contributed by atoms with van der Waals surface area (Å²) in [6.07, 6.45) is 1.88. The second-order valence-corrected chi connectivity index (χ2v) is 7.53. The maximum absolute atomic E-state index is 12.3. The third-order valence-electron chi connectivity index (χ3n) is 4.24. The largest absolute Gasteiger partial charge is 0.351 e. The zero-order valence-corrected chi connectivity index (χ0v) is 15.2. The molecule has 128 valence electrons. The van der Waals surface area contributed by atoms with Gasteiger partial charge >= 0.3 is 0 Å². The van der Waals surface area contributed by atoms with Gasteiger partial charge in [0.2, 0.25) is 5.91 Å². The van der Waals surface area contributed by atoms with Gasteiger partial charge in [0.25, 0.3) is 5.91 Å². The first kappa shape index (κ1) is 17.8. The molecule has 1 aromatic rings. The van der Waals surface area contributed by atoms with Crippen molar-refractivity contribution in [1.29, 1.82) is 0 Å². The maximum atomic E-state index is 12.3. The van der Waals surface area contributed by atoms with Crippen LogP contribution >= 0.6 is 11.5 Å². The van der Waals surface area contributed by atoms with Gasteiger partial charge in [-0.2, -0.15) is 0 Å². The molecular formula is C16H26N4O2S. The van der Waals surface area contributed by atoms with Gasteiger partial charge in [-0.25, -0.2) is 0 Å². The number of nitrogens with one attached hydrogen (secondary N) is 1. The average Bonchev–Trinajstić information content (AvgIpc) is 3.02. The summed E-state index contributed by atoms with van der Waals surface area (Å²) in [7, 11) is 0. The number of hydrogen-bond donors (Lipinski definition) is 1. The number of carbonyl (C=O) groups is 2. The standard InChI is InChI=1S/C16H26N4O2S/c1-10(2)13-14(23-19-18-13)15(21)17-9-12-5-7-20(8-6-12)16(22)11(3)4/h10-12H,5-9H2,1-4H3,(H,17,21). The van der Waals surface area contributed by atoms with Gasteiger partial charge in [0.1, 0.15) is 4.88 Å². The van der Waals surface area contributed by atoms with Gasteiger partial charge in [-0.1, -0.05) is 32.2 Å². The quantitative estimate of drug-likeness (QED) is 0.894. The molecule has 1 aromatic heterocycles. The summed E-state index contributed by atoms with van der Waals surface area (Å²) in [5.74, 6) is 0.826. The Morgan fingerprint density at radius 1 is 1.26 bits per heavy atom. The first-order valence-electron chi connectivity index (χ1n) is 8.29. The third-order valence-corrected chi connectivity index (χ3v) is 4.98. The number of piperidine rings is 1. The Bertz CT molecular complexity index is 548. The first-order valence-corrected chi connectivity index (χ1v) is 9.06. The van der Waals surface area contributed by atoms with Crippen LogP contribution in [-0.2, 0) is 4.79 Å². The van der Waals surface area contributed by atoms with Crippen molar-refractivity contribution < 1.29 is 9.59 Å². The van der Waals surface area contributed by atoms with Crippen LogP contribution < -0.4 is 5.32 Å². The molecule has 1 fully saturated rings. The smallest absolute Gasteiger partial charge is 0.264 e. The van der Waals surface area contributed by atoms with Gasteiger partial charge in [-0.05, 0) is 36.2 Å². The number of likely N-dealkylation sites (tertiary alicyclic amines) is 1. The molecule has 2 rings (SSSR count). The van der Waals surface area contributed by atoms with Crippen LogP contribution in [0, 0.1) is 11.8 Å². The molecule has 1 saturated heterocycles. The van der Waals surface area contributed by atoms with Gasteiger partial charge in [0.05, 0.1) is 5.69 Å². The normalized spacial score (nSPS) is 16.2. The molecule has 1 N–H and O–H groups in total. The van der Waals surface area contributed by atoms with Crippen LogP contribution in [-0.4, -0.2) is 45.9 Å². The SMILES string of the molecule is CC(C)C(=O)N1CCC(CNC(=O)c2snnc2C(C)C)CC1. The minimum atomic E-state index is -0.0793. The summed E-state index contributed by atoms with van der Waals surface area (Å²) < 4.78 is 3.89. The lowest BCUT2D eigenvalue weighted by Crippen LogP contribution is -2.43. The minimum absolute atomic E-state index is 0.0551. The Kier molecular flexibility index (Phi) is 6.10. The fourth-order valence-corrected chi connectivity index (χ4v) is 3.51. The van der Waals surface area contributed by atoms with Crippen molar-refractivity contribution in [3.05, 3.63) is 10.6 Å². The number of amides is 2. The van der Waals surface area contributed by atoms with Crippen molar-refractivity contribution in [2.45, 2.75) is 46.5 Å². The molecule has 0 aliphatic carbocycles. The fourth-order valence-electron chi connectivity index (χ4n) is 2.77. The van der Waals surface area contributed by atoms with Gasteiger partial charge in [-0.3, -0.25) is 9.59 Å². The van der Waals surface area contributed by atoms with E-state index in [9.17, 15) is 9.59 Å². The lowest BCUT2D eigenvalue weighted by molar-refractivity contribution is -0.135. The average molecular weight is 338 g/mol. The summed E-state index contributed by atoms with van der Waals surface area (Å²) in [4.78, 5) is 26.8. The van der Waals surface area contributed by atoms with E-state index in [1.54, 1.807) is 0 Å². The Balaban J connectivity index is 1.80. The Labute approximate surface area is 141 Å². The van der Waals surface area contributed by atoms with E-state index in [0.29, 0.717) is 17.3 Å². The Morgan fingerprint density at radius 2 is 1.91 bits per heavy atom. The summed E-state index contributed by atoms with van der Waals surface area (Å²) >= 11 is 1.15. The molecule has 0 atom stereocenters. The molecule has 0 saturated carbocycles. The highest BCUT2D eigenvalue weighted by atomic mass is 32.1. The third kappa shape index (κ3) is 4.50. The highest BCUT2D eigenvalue weighted by Crippen LogP contribution is 2.21. The number of aromatic nitrogens is 2. The topological polar surface area (TPSA) is 75.2 Å². The molecule has 0 spiro atoms. The predicted octanol–water partition coefficient (Wildman–Crippen LogP) is 2.29. The molecular weight excluding hydrogens is 312 g/mol. The second kappa shape index (κ2) is 7.86. The van der Waals surface area contributed by atoms with Crippen LogP contribution in [0.15, 0.2) is 0 Å². The molecule has 23 heavy (non-hydrogen) atoms. The molecule has 7 heteroatoms. The summed E-state index contributed by atoms with van der Waals surface area (Å²) in [5.41, 5.74) is 0.768. The van der Waals surface area contributed by atoms with E-state index in [2.05, 4.69) is 14.9 Å². The summed E-state index contributed by atoms with van der Waals surface area (Å²) in [5, 5.41) is 7.05. The van der Waals surface area contributed by atoms with Gasteiger partial charge in [0.15, 0.2) is 0 Å². The number of rotatable bonds is 5. The molecule has 1 aliphatic rings. The van der Waals surface area contributed by atoms with Crippen LogP contribution in [0.5, 0.6) is 0 Å². The number of nitrogens with zero attached hydrogens (tertiary/aromatic N) is 3. The van der Waals surface area contributed by atoms with Crippen LogP contribution in [0.1, 0.15) is 61.8 Å². The molecule has 1 aliphatic heterocycles. The van der Waals surface area contributed by atoms with Crippen LogP contribution in [0.4, 0.5) is 0 Å². The second-order valence-electron chi connectivity index (χ2n) is 6.78. The van der Waals surface area contributed by atoms with Gasteiger partial charge in [0, 0.05) is 25.6 Å². The first-order chi connectivity index (χ1) is 10.9. The van der Waals surface area contributed by atoms with E-state index < -0.39 is 0 Å². The van der Waals surface area contributed by atoms with Crippen molar-refractivity contribution in [2.24, 2.45) is 11.8 Å². The van der Waals surface area contributed by atoms with Crippen LogP contribution in [0.2, 0.25) is 0 Å². The summed E-state index contributed by atoms with van der Waals surface area (Å²) in [6, 6.07) is 0. The van der Waals surface area contributed by atoms with Gasteiger partial charge in [-0.15, -0.1) is 5.10 Å². The molecule has 2 amide bonds. The van der Waals surface area contributed by atoms with Crippen LogP contribution in [0.3, 0.4) is 0 Å². The van der Waals surface area contributed by atoms with Gasteiger partial charge < -0.3 is 10.2 Å². The number of carbonyl (C=O) groups excluding carboxylic acids is 2.